The summed E-state index contributed by atoms with van der Waals surface area (Å²) < 4.78 is 1.62. The lowest BCUT2D eigenvalue weighted by Crippen LogP contribution is -2.26. The number of hydrogen-bond acceptors (Lipinski definition) is 4. The topological polar surface area (TPSA) is 60.9 Å². The maximum absolute atomic E-state index is 11.9. The maximum atomic E-state index is 11.9. The van der Waals surface area contributed by atoms with Crippen molar-refractivity contribution < 1.29 is 0 Å². The van der Waals surface area contributed by atoms with Crippen LogP contribution in [0.2, 0.25) is 0 Å². The highest BCUT2D eigenvalue weighted by Gasteiger charge is 2.07. The summed E-state index contributed by atoms with van der Waals surface area (Å²) in [4.78, 5) is 17.0. The minimum Gasteiger partial charge on any atom is -0.329 e. The molecule has 14 heavy (non-hydrogen) atoms. The van der Waals surface area contributed by atoms with Crippen molar-refractivity contribution in [2.24, 2.45) is 5.73 Å². The number of fused-ring (bicyclic) bond motifs is 1. The van der Waals surface area contributed by atoms with Crippen LogP contribution in [-0.2, 0) is 6.54 Å². The van der Waals surface area contributed by atoms with Gasteiger partial charge < -0.3 is 5.73 Å². The number of nitrogens with two attached hydrogens (primary N) is 1. The van der Waals surface area contributed by atoms with Gasteiger partial charge in [0.05, 0.1) is 5.39 Å². The van der Waals surface area contributed by atoms with Crippen molar-refractivity contribution in [3.05, 3.63) is 27.6 Å². The molecule has 0 aliphatic carbocycles. The van der Waals surface area contributed by atoms with Crippen LogP contribution in [0.1, 0.15) is 5.82 Å². The van der Waals surface area contributed by atoms with E-state index in [9.17, 15) is 4.79 Å². The van der Waals surface area contributed by atoms with Crippen molar-refractivity contribution in [2.75, 3.05) is 6.54 Å². The quantitative estimate of drug-likeness (QED) is 0.793. The third-order valence-electron chi connectivity index (χ3n) is 2.13. The number of thiophene rings is 1. The summed E-state index contributed by atoms with van der Waals surface area (Å²) in [5.41, 5.74) is 5.45. The Morgan fingerprint density at radius 3 is 3.14 bits per heavy atom. The second-order valence-electron chi connectivity index (χ2n) is 3.04. The van der Waals surface area contributed by atoms with Gasteiger partial charge in [0.15, 0.2) is 0 Å². The molecule has 5 heteroatoms. The standard InChI is InChI=1S/C9H11N3OS/c1-6-11-8-7(2-5-14-8)9(13)12(6)4-3-10/h2,5H,3-4,10H2,1H3. The first-order chi connectivity index (χ1) is 6.74. The molecule has 0 spiro atoms. The highest BCUT2D eigenvalue weighted by atomic mass is 32.1. The molecular weight excluding hydrogens is 198 g/mol. The molecule has 74 valence electrons. The van der Waals surface area contributed by atoms with Gasteiger partial charge >= 0.3 is 0 Å². The molecule has 2 N–H and O–H groups in total. The summed E-state index contributed by atoms with van der Waals surface area (Å²) >= 11 is 1.49. The van der Waals surface area contributed by atoms with E-state index in [4.69, 9.17) is 5.73 Å². The summed E-state index contributed by atoms with van der Waals surface area (Å²) in [6, 6.07) is 1.81. The zero-order valence-corrected chi connectivity index (χ0v) is 8.67. The van der Waals surface area contributed by atoms with Crippen molar-refractivity contribution >= 4 is 21.6 Å². The smallest absolute Gasteiger partial charge is 0.262 e. The molecule has 0 amide bonds. The Morgan fingerprint density at radius 1 is 1.64 bits per heavy atom. The minimum atomic E-state index is 0.0131. The third-order valence-corrected chi connectivity index (χ3v) is 2.93. The largest absolute Gasteiger partial charge is 0.329 e. The van der Waals surface area contributed by atoms with Crippen LogP contribution in [0.5, 0.6) is 0 Å². The van der Waals surface area contributed by atoms with Crippen molar-refractivity contribution in [3.8, 4) is 0 Å². The molecular formula is C9H11N3OS. The average Bonchev–Trinajstić information content (AvgIpc) is 2.60. The Morgan fingerprint density at radius 2 is 2.43 bits per heavy atom. The van der Waals surface area contributed by atoms with Gasteiger partial charge in [-0.2, -0.15) is 0 Å². The first-order valence-electron chi connectivity index (χ1n) is 4.38. The van der Waals surface area contributed by atoms with Crippen molar-refractivity contribution in [3.63, 3.8) is 0 Å². The average molecular weight is 209 g/mol. The summed E-state index contributed by atoms with van der Waals surface area (Å²) in [7, 11) is 0. The molecule has 2 aromatic heterocycles. The van der Waals surface area contributed by atoms with Gasteiger partial charge in [-0.25, -0.2) is 4.98 Å². The molecule has 0 aliphatic heterocycles. The van der Waals surface area contributed by atoms with Crippen LogP contribution in [-0.4, -0.2) is 16.1 Å². The normalized spacial score (nSPS) is 11.0. The number of hydrogen-bond donors (Lipinski definition) is 1. The predicted molar refractivity (Wildman–Crippen MR) is 57.7 cm³/mol. The van der Waals surface area contributed by atoms with Crippen molar-refractivity contribution in [1.29, 1.82) is 0 Å². The molecule has 4 nitrogen and oxygen atoms in total. The van der Waals surface area contributed by atoms with Crippen LogP contribution >= 0.6 is 11.3 Å². The van der Waals surface area contributed by atoms with Crippen LogP contribution in [0.15, 0.2) is 16.2 Å². The molecule has 0 radical (unpaired) electrons. The van der Waals surface area contributed by atoms with E-state index in [1.165, 1.54) is 11.3 Å². The van der Waals surface area contributed by atoms with Crippen LogP contribution in [0, 0.1) is 6.92 Å². The molecule has 0 bridgehead atoms. The second kappa shape index (κ2) is 3.51. The Balaban J connectivity index is 2.76. The fraction of sp³-hybridized carbons (Fsp3) is 0.333. The van der Waals surface area contributed by atoms with E-state index >= 15 is 0 Å². The Bertz CT molecular complexity index is 514. The monoisotopic (exact) mass is 209 g/mol. The second-order valence-corrected chi connectivity index (χ2v) is 3.94. The fourth-order valence-electron chi connectivity index (χ4n) is 1.44. The van der Waals surface area contributed by atoms with E-state index in [0.717, 1.165) is 10.7 Å². The van der Waals surface area contributed by atoms with E-state index in [1.54, 1.807) is 4.57 Å². The molecule has 0 atom stereocenters. The van der Waals surface area contributed by atoms with Gasteiger partial charge in [0.2, 0.25) is 0 Å². The molecule has 0 saturated heterocycles. The third kappa shape index (κ3) is 1.34. The van der Waals surface area contributed by atoms with Crippen LogP contribution in [0.25, 0.3) is 10.2 Å². The maximum Gasteiger partial charge on any atom is 0.262 e. The number of aryl methyl sites for hydroxylation is 1. The molecule has 0 unspecified atom stereocenters. The Labute approximate surface area is 85.0 Å². The summed E-state index contributed by atoms with van der Waals surface area (Å²) in [5.74, 6) is 0.732. The Hall–Kier alpha value is -1.20. The van der Waals surface area contributed by atoms with Gasteiger partial charge in [0.1, 0.15) is 10.7 Å². The van der Waals surface area contributed by atoms with Crippen LogP contribution in [0.4, 0.5) is 0 Å². The number of rotatable bonds is 2. The SMILES string of the molecule is Cc1nc2sccc2c(=O)n1CCN. The number of nitrogens with zero attached hydrogens (tertiary/aromatic N) is 2. The zero-order chi connectivity index (χ0) is 10.1. The van der Waals surface area contributed by atoms with Gasteiger partial charge in [0.25, 0.3) is 5.56 Å². The minimum absolute atomic E-state index is 0.0131. The van der Waals surface area contributed by atoms with E-state index in [2.05, 4.69) is 4.98 Å². The van der Waals surface area contributed by atoms with Gasteiger partial charge in [0, 0.05) is 13.1 Å². The highest BCUT2D eigenvalue weighted by molar-refractivity contribution is 7.16. The lowest BCUT2D eigenvalue weighted by atomic mass is 10.4. The predicted octanol–water partition coefficient (Wildman–Crippen LogP) is 0.725. The van der Waals surface area contributed by atoms with E-state index < -0.39 is 0 Å². The Kier molecular flexibility index (Phi) is 2.35. The first kappa shape index (κ1) is 9.36. The molecule has 0 saturated carbocycles. The lowest BCUT2D eigenvalue weighted by Gasteiger charge is -2.06. The number of aromatic nitrogens is 2. The van der Waals surface area contributed by atoms with E-state index in [1.807, 2.05) is 18.4 Å². The molecule has 0 aromatic carbocycles. The summed E-state index contributed by atoms with van der Waals surface area (Å²) in [6.45, 7) is 2.82. The fourth-order valence-corrected chi connectivity index (χ4v) is 2.24. The van der Waals surface area contributed by atoms with E-state index in [0.29, 0.717) is 18.5 Å². The first-order valence-corrected chi connectivity index (χ1v) is 5.26. The van der Waals surface area contributed by atoms with Crippen molar-refractivity contribution in [2.45, 2.75) is 13.5 Å². The van der Waals surface area contributed by atoms with Gasteiger partial charge in [-0.1, -0.05) is 0 Å². The van der Waals surface area contributed by atoms with Crippen LogP contribution < -0.4 is 11.3 Å². The van der Waals surface area contributed by atoms with Crippen LogP contribution in [0.3, 0.4) is 0 Å². The molecule has 2 rings (SSSR count). The van der Waals surface area contributed by atoms with Gasteiger partial charge in [-0.15, -0.1) is 11.3 Å². The highest BCUT2D eigenvalue weighted by Crippen LogP contribution is 2.14. The summed E-state index contributed by atoms with van der Waals surface area (Å²) in [6.07, 6.45) is 0. The molecule has 2 aromatic rings. The lowest BCUT2D eigenvalue weighted by molar-refractivity contribution is 0.649. The van der Waals surface area contributed by atoms with E-state index in [-0.39, 0.29) is 5.56 Å². The van der Waals surface area contributed by atoms with Gasteiger partial charge in [-0.05, 0) is 18.4 Å². The van der Waals surface area contributed by atoms with Gasteiger partial charge in [-0.3, -0.25) is 9.36 Å². The zero-order valence-electron chi connectivity index (χ0n) is 7.86. The molecule has 2 heterocycles. The summed E-state index contributed by atoms with van der Waals surface area (Å²) in [5, 5.41) is 2.57. The van der Waals surface area contributed by atoms with Crippen molar-refractivity contribution in [1.82, 2.24) is 9.55 Å². The molecule has 0 fully saturated rings. The molecule has 0 aliphatic rings.